The van der Waals surface area contributed by atoms with E-state index in [0.29, 0.717) is 25.9 Å². The SMILES string of the molecule is CCS(=O)(=O)N1CCC(NC(=O)[C@@H](c2ccccc2)N(C)C)CC1. The lowest BCUT2D eigenvalue weighted by atomic mass is 10.0. The van der Waals surface area contributed by atoms with Crippen LogP contribution in [0.2, 0.25) is 0 Å². The molecule has 24 heavy (non-hydrogen) atoms. The number of sulfonamides is 1. The van der Waals surface area contributed by atoms with Crippen LogP contribution in [0.3, 0.4) is 0 Å². The van der Waals surface area contributed by atoms with Crippen molar-refractivity contribution < 1.29 is 13.2 Å². The van der Waals surface area contributed by atoms with Gasteiger partial charge in [0.1, 0.15) is 6.04 Å². The Balaban J connectivity index is 1.97. The van der Waals surface area contributed by atoms with Gasteiger partial charge in [-0.05, 0) is 39.4 Å². The van der Waals surface area contributed by atoms with E-state index in [9.17, 15) is 13.2 Å². The van der Waals surface area contributed by atoms with Gasteiger partial charge in [0.2, 0.25) is 15.9 Å². The molecule has 1 N–H and O–H groups in total. The zero-order valence-electron chi connectivity index (χ0n) is 14.6. The number of benzene rings is 1. The topological polar surface area (TPSA) is 69.7 Å². The van der Waals surface area contributed by atoms with Crippen molar-refractivity contribution in [2.45, 2.75) is 31.8 Å². The Hall–Kier alpha value is -1.44. The molecule has 1 aliphatic heterocycles. The molecule has 1 heterocycles. The van der Waals surface area contributed by atoms with E-state index in [-0.39, 0.29) is 23.7 Å². The number of nitrogens with zero attached hydrogens (tertiary/aromatic N) is 2. The fourth-order valence-electron chi connectivity index (χ4n) is 3.06. The number of likely N-dealkylation sites (N-methyl/N-ethyl adjacent to an activating group) is 1. The first-order valence-corrected chi connectivity index (χ1v) is 9.95. The van der Waals surface area contributed by atoms with Gasteiger partial charge in [0.25, 0.3) is 0 Å². The molecule has 2 rings (SSSR count). The van der Waals surface area contributed by atoms with Crippen molar-refractivity contribution >= 4 is 15.9 Å². The summed E-state index contributed by atoms with van der Waals surface area (Å²) in [6.45, 7) is 2.60. The fraction of sp³-hybridized carbons (Fsp3) is 0.588. The Morgan fingerprint density at radius 3 is 2.33 bits per heavy atom. The maximum absolute atomic E-state index is 12.7. The van der Waals surface area contributed by atoms with Gasteiger partial charge in [-0.2, -0.15) is 0 Å². The van der Waals surface area contributed by atoms with Crippen LogP contribution in [0.25, 0.3) is 0 Å². The van der Waals surface area contributed by atoms with Gasteiger partial charge in [0.15, 0.2) is 0 Å². The number of nitrogens with one attached hydrogen (secondary N) is 1. The van der Waals surface area contributed by atoms with Gasteiger partial charge in [-0.1, -0.05) is 30.3 Å². The molecule has 1 fully saturated rings. The van der Waals surface area contributed by atoms with Gasteiger partial charge in [0.05, 0.1) is 5.75 Å². The average Bonchev–Trinajstić information content (AvgIpc) is 2.56. The minimum absolute atomic E-state index is 0.0203. The van der Waals surface area contributed by atoms with Crippen LogP contribution < -0.4 is 5.32 Å². The van der Waals surface area contributed by atoms with Gasteiger partial charge in [-0.25, -0.2) is 12.7 Å². The normalized spacial score (nSPS) is 18.5. The van der Waals surface area contributed by atoms with Crippen LogP contribution in [-0.4, -0.2) is 62.5 Å². The molecule has 0 aromatic heterocycles. The molecular weight excluding hydrogens is 326 g/mol. The number of rotatable bonds is 6. The molecule has 0 saturated carbocycles. The Morgan fingerprint density at radius 1 is 1.25 bits per heavy atom. The summed E-state index contributed by atoms with van der Waals surface area (Å²) in [5.41, 5.74) is 0.950. The summed E-state index contributed by atoms with van der Waals surface area (Å²) >= 11 is 0. The number of carbonyl (C=O) groups is 1. The van der Waals surface area contributed by atoms with Crippen LogP contribution in [0, 0.1) is 0 Å². The minimum Gasteiger partial charge on any atom is -0.352 e. The second kappa shape index (κ2) is 8.09. The number of hydrogen-bond acceptors (Lipinski definition) is 4. The average molecular weight is 353 g/mol. The predicted molar refractivity (Wildman–Crippen MR) is 95.1 cm³/mol. The van der Waals surface area contributed by atoms with Gasteiger partial charge in [0, 0.05) is 19.1 Å². The lowest BCUT2D eigenvalue weighted by molar-refractivity contribution is -0.126. The summed E-state index contributed by atoms with van der Waals surface area (Å²) in [4.78, 5) is 14.6. The highest BCUT2D eigenvalue weighted by atomic mass is 32.2. The zero-order chi connectivity index (χ0) is 17.7. The standard InChI is InChI=1S/C17H27N3O3S/c1-4-24(22,23)20-12-10-15(11-13-20)18-17(21)16(19(2)3)14-8-6-5-7-9-14/h5-9,15-16H,4,10-13H2,1-3H3,(H,18,21)/t16-/m1/s1. The molecule has 0 spiro atoms. The summed E-state index contributed by atoms with van der Waals surface area (Å²) in [5, 5.41) is 3.09. The Kier molecular flexibility index (Phi) is 6.37. The van der Waals surface area contributed by atoms with Gasteiger partial charge in [-0.15, -0.1) is 0 Å². The third-order valence-electron chi connectivity index (χ3n) is 4.44. The molecule has 1 atom stereocenters. The number of piperidine rings is 1. The Bertz CT molecular complexity index is 638. The second-order valence-electron chi connectivity index (χ2n) is 6.36. The van der Waals surface area contributed by atoms with Crippen LogP contribution in [0.15, 0.2) is 30.3 Å². The van der Waals surface area contributed by atoms with E-state index in [1.165, 1.54) is 4.31 Å². The van der Waals surface area contributed by atoms with E-state index in [4.69, 9.17) is 0 Å². The first kappa shape index (κ1) is 18.9. The molecule has 1 aromatic rings. The molecule has 1 amide bonds. The quantitative estimate of drug-likeness (QED) is 0.835. The van der Waals surface area contributed by atoms with E-state index in [1.54, 1.807) is 6.92 Å². The maximum atomic E-state index is 12.7. The van der Waals surface area contributed by atoms with Crippen molar-refractivity contribution in [3.8, 4) is 0 Å². The van der Waals surface area contributed by atoms with Crippen LogP contribution >= 0.6 is 0 Å². The predicted octanol–water partition coefficient (Wildman–Crippen LogP) is 1.22. The lowest BCUT2D eigenvalue weighted by Gasteiger charge is -2.33. The maximum Gasteiger partial charge on any atom is 0.242 e. The molecule has 6 nitrogen and oxygen atoms in total. The summed E-state index contributed by atoms with van der Waals surface area (Å²) in [5.74, 6) is 0.0868. The summed E-state index contributed by atoms with van der Waals surface area (Å²) in [6, 6.07) is 9.34. The molecule has 0 aliphatic carbocycles. The molecule has 0 bridgehead atoms. The first-order valence-electron chi connectivity index (χ1n) is 8.34. The van der Waals surface area contributed by atoms with E-state index in [1.807, 2.05) is 49.3 Å². The molecule has 134 valence electrons. The third kappa shape index (κ3) is 4.55. The second-order valence-corrected chi connectivity index (χ2v) is 8.62. The Morgan fingerprint density at radius 2 is 1.83 bits per heavy atom. The lowest BCUT2D eigenvalue weighted by Crippen LogP contribution is -2.49. The highest BCUT2D eigenvalue weighted by molar-refractivity contribution is 7.89. The molecule has 1 aromatic carbocycles. The van der Waals surface area contributed by atoms with Crippen LogP contribution in [0.5, 0.6) is 0 Å². The summed E-state index contributed by atoms with van der Waals surface area (Å²) in [7, 11) is 0.632. The van der Waals surface area contributed by atoms with Crippen LogP contribution in [0.1, 0.15) is 31.4 Å². The summed E-state index contributed by atoms with van der Waals surface area (Å²) < 4.78 is 25.3. The van der Waals surface area contributed by atoms with Gasteiger partial charge in [-0.3, -0.25) is 9.69 Å². The minimum atomic E-state index is -3.13. The van der Waals surface area contributed by atoms with Crippen molar-refractivity contribution in [1.82, 2.24) is 14.5 Å². The molecule has 0 radical (unpaired) electrons. The first-order chi connectivity index (χ1) is 11.3. The number of amides is 1. The van der Waals surface area contributed by atoms with Gasteiger partial charge >= 0.3 is 0 Å². The van der Waals surface area contributed by atoms with Crippen molar-refractivity contribution in [1.29, 1.82) is 0 Å². The number of carbonyl (C=O) groups excluding carboxylic acids is 1. The van der Waals surface area contributed by atoms with Gasteiger partial charge < -0.3 is 5.32 Å². The molecule has 0 unspecified atom stereocenters. The van der Waals surface area contributed by atoms with Crippen molar-refractivity contribution in [2.75, 3.05) is 32.9 Å². The molecule has 1 saturated heterocycles. The third-order valence-corrected chi connectivity index (χ3v) is 6.32. The van der Waals surface area contributed by atoms with E-state index >= 15 is 0 Å². The summed E-state index contributed by atoms with van der Waals surface area (Å²) in [6.07, 6.45) is 1.31. The van der Waals surface area contributed by atoms with Crippen LogP contribution in [-0.2, 0) is 14.8 Å². The Labute approximate surface area is 144 Å². The number of hydrogen-bond donors (Lipinski definition) is 1. The zero-order valence-corrected chi connectivity index (χ0v) is 15.4. The molecular formula is C17H27N3O3S. The smallest absolute Gasteiger partial charge is 0.242 e. The highest BCUT2D eigenvalue weighted by Gasteiger charge is 2.30. The van der Waals surface area contributed by atoms with E-state index in [2.05, 4.69) is 5.32 Å². The molecule has 7 heteroatoms. The fourth-order valence-corrected chi connectivity index (χ4v) is 4.19. The van der Waals surface area contributed by atoms with Crippen LogP contribution in [0.4, 0.5) is 0 Å². The van der Waals surface area contributed by atoms with Crippen molar-refractivity contribution in [3.05, 3.63) is 35.9 Å². The van der Waals surface area contributed by atoms with Crippen molar-refractivity contribution in [2.24, 2.45) is 0 Å². The monoisotopic (exact) mass is 353 g/mol. The molecule has 1 aliphatic rings. The largest absolute Gasteiger partial charge is 0.352 e. The van der Waals surface area contributed by atoms with E-state index in [0.717, 1.165) is 5.56 Å². The highest BCUT2D eigenvalue weighted by Crippen LogP contribution is 2.20. The van der Waals surface area contributed by atoms with E-state index < -0.39 is 10.0 Å². The van der Waals surface area contributed by atoms with Crippen molar-refractivity contribution in [3.63, 3.8) is 0 Å².